The summed E-state index contributed by atoms with van der Waals surface area (Å²) in [6.07, 6.45) is 0. The minimum Gasteiger partial charge on any atom is -0.454 e. The molecule has 0 aliphatic rings. The molecule has 0 unspecified atom stereocenters. The van der Waals surface area contributed by atoms with Gasteiger partial charge in [0.25, 0.3) is 0 Å². The maximum atomic E-state index is 6.83. The molecule has 0 saturated heterocycles. The van der Waals surface area contributed by atoms with E-state index in [9.17, 15) is 0 Å². The predicted octanol–water partition coefficient (Wildman–Crippen LogP) is 15.0. The van der Waals surface area contributed by atoms with Crippen LogP contribution < -0.4 is 4.90 Å². The van der Waals surface area contributed by atoms with Crippen molar-refractivity contribution in [1.82, 2.24) is 0 Å². The lowest BCUT2D eigenvalue weighted by Crippen LogP contribution is -2.11. The van der Waals surface area contributed by atoms with Gasteiger partial charge in [-0.05, 0) is 96.2 Å². The van der Waals surface area contributed by atoms with Crippen LogP contribution in [0.25, 0.3) is 87.3 Å². The molecular formula is C52H33NO. The molecule has 2 nitrogen and oxygen atoms in total. The van der Waals surface area contributed by atoms with Crippen LogP contribution in [0, 0.1) is 0 Å². The van der Waals surface area contributed by atoms with E-state index in [4.69, 9.17) is 4.42 Å². The Morgan fingerprint density at radius 2 is 0.926 bits per heavy atom. The standard InChI is InChI=1S/C52H33NO/c1-2-14-34(15-3-1)40-18-10-12-24-47(40)53(48-33-37-17-5-7-20-42(37)51-45-23-11-13-25-49(45)54-52(48)51)39-30-28-36(29-31-39)46-32-38-27-26-35-16-4-6-19-41(35)50(38)44-22-9-8-21-43(44)46/h1-33H. The van der Waals surface area contributed by atoms with E-state index in [1.54, 1.807) is 0 Å². The summed E-state index contributed by atoms with van der Waals surface area (Å²) in [6, 6.07) is 72.2. The first-order valence-electron chi connectivity index (χ1n) is 18.5. The van der Waals surface area contributed by atoms with Crippen molar-refractivity contribution < 1.29 is 4.42 Å². The summed E-state index contributed by atoms with van der Waals surface area (Å²) in [5.74, 6) is 0. The average molecular weight is 688 g/mol. The number of furan rings is 1. The van der Waals surface area contributed by atoms with Gasteiger partial charge in [0.15, 0.2) is 5.58 Å². The fourth-order valence-corrected chi connectivity index (χ4v) is 8.57. The molecule has 0 fully saturated rings. The number of hydrogen-bond acceptors (Lipinski definition) is 2. The highest BCUT2D eigenvalue weighted by Crippen LogP contribution is 2.48. The van der Waals surface area contributed by atoms with Crippen molar-refractivity contribution in [2.75, 3.05) is 4.90 Å². The third kappa shape index (κ3) is 4.74. The summed E-state index contributed by atoms with van der Waals surface area (Å²) in [4.78, 5) is 2.38. The number of anilines is 3. The van der Waals surface area contributed by atoms with Crippen LogP contribution in [0.3, 0.4) is 0 Å². The van der Waals surface area contributed by atoms with Gasteiger partial charge in [-0.3, -0.25) is 0 Å². The van der Waals surface area contributed by atoms with E-state index < -0.39 is 0 Å². The van der Waals surface area contributed by atoms with Crippen molar-refractivity contribution in [1.29, 1.82) is 0 Å². The van der Waals surface area contributed by atoms with Gasteiger partial charge in [-0.25, -0.2) is 0 Å². The number of hydrogen-bond donors (Lipinski definition) is 0. The number of para-hydroxylation sites is 2. The second-order valence-electron chi connectivity index (χ2n) is 14.0. The number of nitrogens with zero attached hydrogens (tertiary/aromatic N) is 1. The van der Waals surface area contributed by atoms with E-state index in [-0.39, 0.29) is 0 Å². The number of fused-ring (bicyclic) bond motifs is 10. The maximum absolute atomic E-state index is 6.83. The molecule has 0 N–H and O–H groups in total. The van der Waals surface area contributed by atoms with Crippen LogP contribution in [0.1, 0.15) is 0 Å². The zero-order valence-corrected chi connectivity index (χ0v) is 29.4. The highest BCUT2D eigenvalue weighted by atomic mass is 16.3. The smallest absolute Gasteiger partial charge is 0.160 e. The molecular weight excluding hydrogens is 655 g/mol. The molecule has 1 heterocycles. The van der Waals surface area contributed by atoms with Gasteiger partial charge in [0.2, 0.25) is 0 Å². The summed E-state index contributed by atoms with van der Waals surface area (Å²) >= 11 is 0. The summed E-state index contributed by atoms with van der Waals surface area (Å²) in [7, 11) is 0. The molecule has 11 rings (SSSR count). The first kappa shape index (κ1) is 30.5. The Labute approximate surface area is 312 Å². The van der Waals surface area contributed by atoms with Gasteiger partial charge in [0, 0.05) is 22.0 Å². The van der Waals surface area contributed by atoms with E-state index in [1.807, 2.05) is 6.07 Å². The lowest BCUT2D eigenvalue weighted by Gasteiger charge is -2.28. The third-order valence-corrected chi connectivity index (χ3v) is 11.0. The fourth-order valence-electron chi connectivity index (χ4n) is 8.57. The van der Waals surface area contributed by atoms with Gasteiger partial charge >= 0.3 is 0 Å². The topological polar surface area (TPSA) is 16.4 Å². The first-order valence-corrected chi connectivity index (χ1v) is 18.5. The SMILES string of the molecule is c1ccc(-c2ccccc2N(c2ccc(-c3cc4ccc5ccccc5c4c4ccccc34)cc2)c2cc3ccccc3c3c2oc2ccccc23)cc1. The largest absolute Gasteiger partial charge is 0.454 e. The quantitative estimate of drug-likeness (QED) is 0.168. The zero-order valence-electron chi connectivity index (χ0n) is 29.4. The summed E-state index contributed by atoms with van der Waals surface area (Å²) in [5.41, 5.74) is 9.59. The molecule has 10 aromatic carbocycles. The average Bonchev–Trinajstić information content (AvgIpc) is 3.64. The van der Waals surface area contributed by atoms with Crippen LogP contribution in [0.2, 0.25) is 0 Å². The number of benzene rings is 10. The third-order valence-electron chi connectivity index (χ3n) is 11.0. The maximum Gasteiger partial charge on any atom is 0.160 e. The predicted molar refractivity (Wildman–Crippen MR) is 229 cm³/mol. The lowest BCUT2D eigenvalue weighted by atomic mass is 9.90. The highest BCUT2D eigenvalue weighted by Gasteiger charge is 2.24. The molecule has 0 spiro atoms. The van der Waals surface area contributed by atoms with Gasteiger partial charge in [-0.15, -0.1) is 0 Å². The molecule has 0 atom stereocenters. The van der Waals surface area contributed by atoms with Crippen molar-refractivity contribution >= 4 is 82.1 Å². The Hall–Kier alpha value is -7.16. The van der Waals surface area contributed by atoms with Crippen LogP contribution in [0.5, 0.6) is 0 Å². The Bertz CT molecular complexity index is 3210. The van der Waals surface area contributed by atoms with Crippen LogP contribution in [0.4, 0.5) is 17.1 Å². The van der Waals surface area contributed by atoms with Crippen LogP contribution in [0.15, 0.2) is 205 Å². The first-order chi connectivity index (χ1) is 26.8. The molecule has 0 aliphatic heterocycles. The Kier molecular flexibility index (Phi) is 6.90. The highest BCUT2D eigenvalue weighted by molar-refractivity contribution is 6.24. The molecule has 0 amide bonds. The van der Waals surface area contributed by atoms with Gasteiger partial charge in [0.1, 0.15) is 5.58 Å². The molecule has 0 radical (unpaired) electrons. The second-order valence-corrected chi connectivity index (χ2v) is 14.0. The Morgan fingerprint density at radius 3 is 1.74 bits per heavy atom. The van der Waals surface area contributed by atoms with Crippen LogP contribution >= 0.6 is 0 Å². The molecule has 54 heavy (non-hydrogen) atoms. The van der Waals surface area contributed by atoms with E-state index >= 15 is 0 Å². The normalized spacial score (nSPS) is 11.7. The lowest BCUT2D eigenvalue weighted by molar-refractivity contribution is 0.669. The summed E-state index contributed by atoms with van der Waals surface area (Å²) < 4.78 is 6.83. The number of rotatable bonds is 5. The van der Waals surface area contributed by atoms with Gasteiger partial charge in [-0.1, -0.05) is 164 Å². The molecule has 0 bridgehead atoms. The van der Waals surface area contributed by atoms with Gasteiger partial charge < -0.3 is 9.32 Å². The Morgan fingerprint density at radius 1 is 0.333 bits per heavy atom. The van der Waals surface area contributed by atoms with Crippen molar-refractivity contribution in [3.05, 3.63) is 200 Å². The fraction of sp³-hybridized carbons (Fsp3) is 0. The summed E-state index contributed by atoms with van der Waals surface area (Å²) in [5, 5.41) is 12.2. The second kappa shape index (κ2) is 12.2. The summed E-state index contributed by atoms with van der Waals surface area (Å²) in [6.45, 7) is 0. The molecule has 1 aromatic heterocycles. The minimum atomic E-state index is 0.870. The van der Waals surface area contributed by atoms with Gasteiger partial charge in [0.05, 0.1) is 11.4 Å². The molecule has 0 saturated carbocycles. The minimum absolute atomic E-state index is 0.870. The monoisotopic (exact) mass is 687 g/mol. The van der Waals surface area contributed by atoms with Crippen LogP contribution in [-0.2, 0) is 0 Å². The van der Waals surface area contributed by atoms with E-state index in [0.717, 1.165) is 50.1 Å². The molecule has 252 valence electrons. The van der Waals surface area contributed by atoms with Crippen molar-refractivity contribution in [2.45, 2.75) is 0 Å². The van der Waals surface area contributed by atoms with E-state index in [2.05, 4.69) is 199 Å². The van der Waals surface area contributed by atoms with E-state index in [1.165, 1.54) is 54.2 Å². The zero-order chi connectivity index (χ0) is 35.6. The van der Waals surface area contributed by atoms with Crippen molar-refractivity contribution in [2.24, 2.45) is 0 Å². The molecule has 0 aliphatic carbocycles. The van der Waals surface area contributed by atoms with E-state index in [0.29, 0.717) is 0 Å². The van der Waals surface area contributed by atoms with Crippen molar-refractivity contribution in [3.8, 4) is 22.3 Å². The van der Waals surface area contributed by atoms with Crippen LogP contribution in [-0.4, -0.2) is 0 Å². The molecule has 11 aromatic rings. The van der Waals surface area contributed by atoms with Gasteiger partial charge in [-0.2, -0.15) is 0 Å². The van der Waals surface area contributed by atoms with Crippen molar-refractivity contribution in [3.63, 3.8) is 0 Å². The Balaban J connectivity index is 1.16. The molecule has 2 heteroatoms.